The van der Waals surface area contributed by atoms with Gasteiger partial charge in [-0.15, -0.1) is 0 Å². The highest BCUT2D eigenvalue weighted by atomic mass is 16.5. The van der Waals surface area contributed by atoms with Crippen molar-refractivity contribution in [1.82, 2.24) is 14.9 Å². The Bertz CT molecular complexity index is 932. The Kier molecular flexibility index (Phi) is 4.89. The summed E-state index contributed by atoms with van der Waals surface area (Å²) in [6, 6.07) is 10.4. The highest BCUT2D eigenvalue weighted by molar-refractivity contribution is 5.90. The molecule has 2 aromatic heterocycles. The third kappa shape index (κ3) is 3.99. The lowest BCUT2D eigenvalue weighted by Gasteiger charge is -2.36. The summed E-state index contributed by atoms with van der Waals surface area (Å²) in [7, 11) is 0. The van der Waals surface area contributed by atoms with Crippen LogP contribution in [-0.2, 0) is 11.3 Å². The van der Waals surface area contributed by atoms with Gasteiger partial charge in [0.15, 0.2) is 0 Å². The zero-order valence-electron chi connectivity index (χ0n) is 16.2. The number of aromatic nitrogens is 2. The molecule has 27 heavy (non-hydrogen) atoms. The molecule has 1 saturated heterocycles. The highest BCUT2D eigenvalue weighted by Crippen LogP contribution is 2.32. The molecule has 4 rings (SSSR count). The lowest BCUT2D eigenvalue weighted by atomic mass is 10.1. The second kappa shape index (κ2) is 7.33. The van der Waals surface area contributed by atoms with Crippen LogP contribution in [0.15, 0.2) is 48.9 Å². The van der Waals surface area contributed by atoms with Crippen LogP contribution in [0.1, 0.15) is 20.8 Å². The van der Waals surface area contributed by atoms with Gasteiger partial charge in [-0.25, -0.2) is 0 Å². The topological polar surface area (TPSA) is 48.3 Å². The van der Waals surface area contributed by atoms with E-state index in [-0.39, 0.29) is 11.7 Å². The molecular formula is C22H27N3O2. The summed E-state index contributed by atoms with van der Waals surface area (Å²) in [6.45, 7) is 9.48. The minimum Gasteiger partial charge on any atom is -0.490 e. The fourth-order valence-electron chi connectivity index (χ4n) is 3.59. The maximum absolute atomic E-state index is 6.24. The Labute approximate surface area is 160 Å². The van der Waals surface area contributed by atoms with Crippen molar-refractivity contribution in [3.8, 4) is 16.9 Å². The first kappa shape index (κ1) is 18.0. The van der Waals surface area contributed by atoms with E-state index in [4.69, 9.17) is 9.47 Å². The Morgan fingerprint density at radius 3 is 2.96 bits per heavy atom. The van der Waals surface area contributed by atoms with E-state index in [9.17, 15) is 0 Å². The van der Waals surface area contributed by atoms with Crippen molar-refractivity contribution < 1.29 is 9.47 Å². The van der Waals surface area contributed by atoms with Crippen LogP contribution in [0, 0.1) is 0 Å². The van der Waals surface area contributed by atoms with Crippen molar-refractivity contribution >= 4 is 10.9 Å². The fourth-order valence-corrected chi connectivity index (χ4v) is 3.59. The number of ether oxygens (including phenoxy) is 2. The number of hydrogen-bond acceptors (Lipinski definition) is 4. The molecule has 3 heterocycles. The third-order valence-corrected chi connectivity index (χ3v) is 4.96. The van der Waals surface area contributed by atoms with E-state index in [1.165, 1.54) is 5.56 Å². The second-order valence-corrected chi connectivity index (χ2v) is 7.72. The van der Waals surface area contributed by atoms with Crippen LogP contribution in [-0.4, -0.2) is 41.0 Å². The molecule has 1 atom stereocenters. The van der Waals surface area contributed by atoms with E-state index in [2.05, 4.69) is 72.3 Å². The van der Waals surface area contributed by atoms with Crippen LogP contribution in [0.4, 0.5) is 0 Å². The molecule has 1 fully saturated rings. The van der Waals surface area contributed by atoms with Gasteiger partial charge >= 0.3 is 0 Å². The summed E-state index contributed by atoms with van der Waals surface area (Å²) in [4.78, 5) is 4.54. The minimum absolute atomic E-state index is 0.0327. The number of pyridine rings is 1. The second-order valence-electron chi connectivity index (χ2n) is 7.72. The summed E-state index contributed by atoms with van der Waals surface area (Å²) in [6.07, 6.45) is 6.11. The van der Waals surface area contributed by atoms with Crippen molar-refractivity contribution in [1.29, 1.82) is 0 Å². The van der Waals surface area contributed by atoms with Crippen LogP contribution in [0.5, 0.6) is 5.75 Å². The normalized spacial score (nSPS) is 19.3. The van der Waals surface area contributed by atoms with Crippen LogP contribution >= 0.6 is 0 Å². The van der Waals surface area contributed by atoms with E-state index >= 15 is 0 Å². The molecule has 1 aliphatic heterocycles. The van der Waals surface area contributed by atoms with Crippen molar-refractivity contribution in [2.45, 2.75) is 39.0 Å². The number of rotatable bonds is 5. The summed E-state index contributed by atoms with van der Waals surface area (Å²) in [5.74, 6) is 0.854. The fraction of sp³-hybridized carbons (Fsp3) is 0.409. The maximum atomic E-state index is 6.24. The van der Waals surface area contributed by atoms with Crippen LogP contribution < -0.4 is 10.1 Å². The van der Waals surface area contributed by atoms with Gasteiger partial charge < -0.3 is 19.4 Å². The Morgan fingerprint density at radius 2 is 2.19 bits per heavy atom. The number of hydrogen-bond donors (Lipinski definition) is 1. The first-order valence-corrected chi connectivity index (χ1v) is 9.60. The average molecular weight is 365 g/mol. The zero-order chi connectivity index (χ0) is 18.9. The van der Waals surface area contributed by atoms with E-state index < -0.39 is 0 Å². The molecule has 5 nitrogen and oxygen atoms in total. The van der Waals surface area contributed by atoms with Crippen LogP contribution in [0.2, 0.25) is 0 Å². The van der Waals surface area contributed by atoms with Crippen LogP contribution in [0.3, 0.4) is 0 Å². The molecule has 1 aliphatic rings. The van der Waals surface area contributed by atoms with Crippen molar-refractivity contribution in [3.05, 3.63) is 48.9 Å². The van der Waals surface area contributed by atoms with Gasteiger partial charge in [-0.3, -0.25) is 4.98 Å². The van der Waals surface area contributed by atoms with E-state index in [1.54, 1.807) is 0 Å². The van der Waals surface area contributed by atoms with Gasteiger partial charge in [0.1, 0.15) is 18.5 Å². The number of morpholine rings is 1. The van der Waals surface area contributed by atoms with Gasteiger partial charge in [0, 0.05) is 43.6 Å². The molecule has 0 unspecified atom stereocenters. The Morgan fingerprint density at radius 1 is 1.30 bits per heavy atom. The predicted octanol–water partition coefficient (Wildman–Crippen LogP) is 3.87. The molecule has 0 radical (unpaired) electrons. The molecule has 0 bridgehead atoms. The minimum atomic E-state index is -0.166. The SMILES string of the molecule is CCn1ccc(-c2cc(OC[C@@H]3CNCC(C)(C)O3)c3cccnc3c2)c1. The molecule has 5 heteroatoms. The van der Waals surface area contributed by atoms with Gasteiger partial charge in [0.25, 0.3) is 0 Å². The molecule has 1 N–H and O–H groups in total. The molecule has 0 saturated carbocycles. The summed E-state index contributed by atoms with van der Waals surface area (Å²) in [5, 5.41) is 4.45. The number of nitrogens with one attached hydrogen (secondary N) is 1. The van der Waals surface area contributed by atoms with Crippen LogP contribution in [0.25, 0.3) is 22.0 Å². The molecular weight excluding hydrogens is 338 g/mol. The molecule has 3 aromatic rings. The van der Waals surface area contributed by atoms with Crippen molar-refractivity contribution in [3.63, 3.8) is 0 Å². The molecule has 0 aliphatic carbocycles. The summed E-state index contributed by atoms with van der Waals surface area (Å²) < 4.78 is 14.5. The van der Waals surface area contributed by atoms with Gasteiger partial charge in [-0.1, -0.05) is 0 Å². The summed E-state index contributed by atoms with van der Waals surface area (Å²) in [5.41, 5.74) is 3.07. The van der Waals surface area contributed by atoms with E-state index in [0.29, 0.717) is 6.61 Å². The lowest BCUT2D eigenvalue weighted by molar-refractivity contribution is -0.106. The smallest absolute Gasteiger partial charge is 0.129 e. The molecule has 142 valence electrons. The van der Waals surface area contributed by atoms with Gasteiger partial charge in [0.05, 0.1) is 11.1 Å². The van der Waals surface area contributed by atoms with E-state index in [0.717, 1.165) is 41.9 Å². The molecule has 0 amide bonds. The Hall–Kier alpha value is -2.37. The number of nitrogens with zero attached hydrogens (tertiary/aromatic N) is 2. The van der Waals surface area contributed by atoms with Gasteiger partial charge in [0.2, 0.25) is 0 Å². The maximum Gasteiger partial charge on any atom is 0.129 e. The molecule has 0 spiro atoms. The van der Waals surface area contributed by atoms with Gasteiger partial charge in [-0.2, -0.15) is 0 Å². The largest absolute Gasteiger partial charge is 0.490 e. The first-order chi connectivity index (χ1) is 13.0. The Balaban J connectivity index is 1.62. The number of benzene rings is 1. The zero-order valence-corrected chi connectivity index (χ0v) is 16.2. The number of aryl methyl sites for hydroxylation is 1. The van der Waals surface area contributed by atoms with Crippen molar-refractivity contribution in [2.24, 2.45) is 0 Å². The van der Waals surface area contributed by atoms with Crippen molar-refractivity contribution in [2.75, 3.05) is 19.7 Å². The predicted molar refractivity (Wildman–Crippen MR) is 108 cm³/mol. The molecule has 1 aromatic carbocycles. The number of fused-ring (bicyclic) bond motifs is 1. The monoisotopic (exact) mass is 365 g/mol. The lowest BCUT2D eigenvalue weighted by Crippen LogP contribution is -2.52. The highest BCUT2D eigenvalue weighted by Gasteiger charge is 2.28. The standard InChI is InChI=1S/C22H27N3O2/c1-4-25-9-7-16(13-25)17-10-20-19(6-5-8-24-20)21(11-17)26-14-18-12-23-15-22(2,3)27-18/h5-11,13,18,23H,4,12,14-15H2,1-3H3/t18-/m0/s1. The first-order valence-electron chi connectivity index (χ1n) is 9.60. The third-order valence-electron chi connectivity index (χ3n) is 4.96. The van der Waals surface area contributed by atoms with Gasteiger partial charge in [-0.05, 0) is 62.2 Å². The quantitative estimate of drug-likeness (QED) is 0.746. The average Bonchev–Trinajstić information content (AvgIpc) is 3.14. The van der Waals surface area contributed by atoms with E-state index in [1.807, 2.05) is 12.3 Å². The summed E-state index contributed by atoms with van der Waals surface area (Å²) >= 11 is 0.